The van der Waals surface area contributed by atoms with Crippen LogP contribution in [0.4, 0.5) is 18.9 Å². The summed E-state index contributed by atoms with van der Waals surface area (Å²) in [5.41, 5.74) is 3.67. The molecule has 0 spiro atoms. The van der Waals surface area contributed by atoms with Gasteiger partial charge in [0.25, 0.3) is 5.91 Å². The van der Waals surface area contributed by atoms with Gasteiger partial charge in [0.1, 0.15) is 5.84 Å². The first-order valence-electron chi connectivity index (χ1n) is 8.80. The normalized spacial score (nSPS) is 13.6. The molecule has 148 valence electrons. The number of hydrogen-bond acceptors (Lipinski definition) is 3. The third kappa shape index (κ3) is 3.87. The number of amides is 1. The molecule has 0 fully saturated rings. The molecule has 0 saturated carbocycles. The Morgan fingerprint density at radius 2 is 1.96 bits per heavy atom. The molecule has 0 aromatic heterocycles. The molecule has 0 unspecified atom stereocenters. The molecule has 0 bridgehead atoms. The number of amidine groups is 1. The highest BCUT2D eigenvalue weighted by Crippen LogP contribution is 2.38. The minimum Gasteiger partial charge on any atom is -0.304 e. The van der Waals surface area contributed by atoms with Gasteiger partial charge < -0.3 is 4.90 Å². The number of nitrogens with one attached hydrogen (secondary N) is 2. The topological polar surface area (TPSA) is 59.4 Å². The molecule has 0 saturated heterocycles. The molecule has 1 heterocycles. The first-order valence-corrected chi connectivity index (χ1v) is 8.80. The molecule has 2 aromatic rings. The van der Waals surface area contributed by atoms with Crippen molar-refractivity contribution in [2.45, 2.75) is 25.6 Å². The molecule has 1 aliphatic heterocycles. The average Bonchev–Trinajstić information content (AvgIpc) is 3.01. The van der Waals surface area contributed by atoms with Gasteiger partial charge in [-0.25, -0.2) is 5.43 Å². The van der Waals surface area contributed by atoms with Crippen LogP contribution in [0.2, 0.25) is 0 Å². The Morgan fingerprint density at radius 3 is 2.64 bits per heavy atom. The Kier molecular flexibility index (Phi) is 5.42. The summed E-state index contributed by atoms with van der Waals surface area (Å²) < 4.78 is 39.8. The maximum absolute atomic E-state index is 13.3. The zero-order valence-corrected chi connectivity index (χ0v) is 15.6. The van der Waals surface area contributed by atoms with Crippen LogP contribution in [-0.4, -0.2) is 30.8 Å². The largest absolute Gasteiger partial charge is 0.416 e. The van der Waals surface area contributed by atoms with Gasteiger partial charge in [-0.05, 0) is 41.8 Å². The van der Waals surface area contributed by atoms with Crippen LogP contribution in [0.1, 0.15) is 33.5 Å². The Balaban J connectivity index is 1.82. The monoisotopic (exact) mass is 390 g/mol. The number of hydrogen-bond donors (Lipinski definition) is 2. The Bertz CT molecular complexity index is 911. The van der Waals surface area contributed by atoms with Crippen molar-refractivity contribution in [3.05, 3.63) is 64.7 Å². The summed E-state index contributed by atoms with van der Waals surface area (Å²) in [4.78, 5) is 14.1. The van der Waals surface area contributed by atoms with Crippen molar-refractivity contribution in [1.29, 1.82) is 5.41 Å². The van der Waals surface area contributed by atoms with E-state index in [9.17, 15) is 18.0 Å². The summed E-state index contributed by atoms with van der Waals surface area (Å²) in [5, 5.41) is 9.56. The third-order valence-corrected chi connectivity index (χ3v) is 4.89. The van der Waals surface area contributed by atoms with E-state index >= 15 is 0 Å². The molecule has 3 rings (SSSR count). The van der Waals surface area contributed by atoms with E-state index in [-0.39, 0.29) is 17.7 Å². The zero-order valence-electron chi connectivity index (χ0n) is 15.6. The van der Waals surface area contributed by atoms with Crippen molar-refractivity contribution < 1.29 is 18.0 Å². The van der Waals surface area contributed by atoms with Gasteiger partial charge in [-0.3, -0.25) is 15.2 Å². The van der Waals surface area contributed by atoms with Gasteiger partial charge >= 0.3 is 6.18 Å². The summed E-state index contributed by atoms with van der Waals surface area (Å²) in [5.74, 6) is -0.0201. The second-order valence-electron chi connectivity index (χ2n) is 6.62. The lowest BCUT2D eigenvalue weighted by atomic mass is 10.0. The van der Waals surface area contributed by atoms with Gasteiger partial charge in [0.05, 0.1) is 12.1 Å². The number of carbonyl (C=O) groups is 1. The first kappa shape index (κ1) is 19.9. The fraction of sp³-hybridized carbons (Fsp3) is 0.300. The third-order valence-electron chi connectivity index (χ3n) is 4.89. The van der Waals surface area contributed by atoms with Crippen molar-refractivity contribution in [2.24, 2.45) is 0 Å². The zero-order chi connectivity index (χ0) is 20.5. The summed E-state index contributed by atoms with van der Waals surface area (Å²) in [6, 6.07) is 10.9. The molecule has 0 radical (unpaired) electrons. The minimum atomic E-state index is -4.50. The highest BCUT2D eigenvalue weighted by Gasteiger charge is 2.39. The molecule has 8 heteroatoms. The lowest BCUT2D eigenvalue weighted by molar-refractivity contribution is -0.138. The van der Waals surface area contributed by atoms with E-state index in [1.807, 2.05) is 6.07 Å². The predicted octanol–water partition coefficient (Wildman–Crippen LogP) is 3.84. The molecule has 2 N–H and O–H groups in total. The van der Waals surface area contributed by atoms with E-state index < -0.39 is 17.6 Å². The number of anilines is 1. The van der Waals surface area contributed by atoms with E-state index in [1.54, 1.807) is 37.3 Å². The standard InChI is InChI=1S/C20H21F3N4O/c1-25-26(2)18(24)10-9-13-5-3-6-14(11-13)27-12-16-15(19(27)28)7-4-8-17(16)20(21,22)23/h3-8,11,24-25H,9-10,12H2,1-2H3. The second kappa shape index (κ2) is 7.63. The number of alkyl halides is 3. The van der Waals surface area contributed by atoms with Crippen LogP contribution in [-0.2, 0) is 19.1 Å². The molecule has 0 atom stereocenters. The molecule has 2 aromatic carbocycles. The maximum atomic E-state index is 13.3. The van der Waals surface area contributed by atoms with Crippen LogP contribution in [0.15, 0.2) is 42.5 Å². The number of hydrazine groups is 1. The van der Waals surface area contributed by atoms with E-state index in [1.165, 1.54) is 17.0 Å². The number of halogens is 3. The molecule has 0 aliphatic carbocycles. The fourth-order valence-corrected chi connectivity index (χ4v) is 3.25. The number of nitrogens with zero attached hydrogens (tertiary/aromatic N) is 2. The summed E-state index contributed by atoms with van der Waals surface area (Å²) in [6.07, 6.45) is -3.42. The SMILES string of the molecule is CNN(C)C(=N)CCc1cccc(N2Cc3c(cccc3C(F)(F)F)C2=O)c1. The Morgan fingerprint density at radius 1 is 1.25 bits per heavy atom. The van der Waals surface area contributed by atoms with Crippen molar-refractivity contribution in [1.82, 2.24) is 10.4 Å². The number of benzene rings is 2. The highest BCUT2D eigenvalue weighted by atomic mass is 19.4. The van der Waals surface area contributed by atoms with Crippen LogP contribution < -0.4 is 10.3 Å². The van der Waals surface area contributed by atoms with E-state index in [0.717, 1.165) is 11.6 Å². The molecular weight excluding hydrogens is 369 g/mol. The number of rotatable bonds is 5. The van der Waals surface area contributed by atoms with Crippen LogP contribution >= 0.6 is 0 Å². The molecule has 5 nitrogen and oxygen atoms in total. The van der Waals surface area contributed by atoms with Crippen molar-refractivity contribution in [2.75, 3.05) is 19.0 Å². The Hall–Kier alpha value is -2.87. The lowest BCUT2D eigenvalue weighted by Gasteiger charge is -2.19. The van der Waals surface area contributed by atoms with Crippen LogP contribution in [0.3, 0.4) is 0 Å². The van der Waals surface area contributed by atoms with Gasteiger partial charge in [0, 0.05) is 31.8 Å². The summed E-state index contributed by atoms with van der Waals surface area (Å²) in [6.45, 7) is -0.106. The van der Waals surface area contributed by atoms with Gasteiger partial charge in [0.2, 0.25) is 0 Å². The average molecular weight is 390 g/mol. The summed E-state index contributed by atoms with van der Waals surface area (Å²) in [7, 11) is 3.47. The van der Waals surface area contributed by atoms with Crippen molar-refractivity contribution in [3.8, 4) is 0 Å². The van der Waals surface area contributed by atoms with Crippen LogP contribution in [0.5, 0.6) is 0 Å². The van der Waals surface area contributed by atoms with Gasteiger partial charge in [-0.15, -0.1) is 0 Å². The van der Waals surface area contributed by atoms with E-state index in [0.29, 0.717) is 24.4 Å². The molecule has 28 heavy (non-hydrogen) atoms. The number of carbonyl (C=O) groups excluding carboxylic acids is 1. The van der Waals surface area contributed by atoms with Crippen molar-refractivity contribution >= 4 is 17.4 Å². The summed E-state index contributed by atoms with van der Waals surface area (Å²) >= 11 is 0. The lowest BCUT2D eigenvalue weighted by Crippen LogP contribution is -2.36. The molecule has 1 amide bonds. The second-order valence-corrected chi connectivity index (χ2v) is 6.62. The molecular formula is C20H21F3N4O. The quantitative estimate of drug-likeness (QED) is 0.463. The van der Waals surface area contributed by atoms with Gasteiger partial charge in [-0.1, -0.05) is 18.2 Å². The van der Waals surface area contributed by atoms with Crippen LogP contribution in [0.25, 0.3) is 0 Å². The van der Waals surface area contributed by atoms with Gasteiger partial charge in [0.15, 0.2) is 0 Å². The Labute approximate surface area is 161 Å². The van der Waals surface area contributed by atoms with E-state index in [2.05, 4.69) is 5.43 Å². The number of aryl methyl sites for hydroxylation is 1. The fourth-order valence-electron chi connectivity index (χ4n) is 3.25. The maximum Gasteiger partial charge on any atom is 0.416 e. The van der Waals surface area contributed by atoms with Gasteiger partial charge in [-0.2, -0.15) is 13.2 Å². The smallest absolute Gasteiger partial charge is 0.304 e. The highest BCUT2D eigenvalue weighted by molar-refractivity contribution is 6.10. The van der Waals surface area contributed by atoms with Crippen LogP contribution in [0, 0.1) is 5.41 Å². The predicted molar refractivity (Wildman–Crippen MR) is 101 cm³/mol. The molecule has 1 aliphatic rings. The number of fused-ring (bicyclic) bond motifs is 1. The van der Waals surface area contributed by atoms with Crippen molar-refractivity contribution in [3.63, 3.8) is 0 Å². The van der Waals surface area contributed by atoms with E-state index in [4.69, 9.17) is 5.41 Å². The first-order chi connectivity index (χ1) is 13.2. The minimum absolute atomic E-state index is 0.0165.